The molecule has 0 bridgehead atoms. The average molecular weight is 352 g/mol. The number of aromatic amines is 1. The standard InChI is InChI=1S/C19H14F2N4O/c20-12-5-11(6-13(21)7-12)10-24-14-1-2-17-15(8-14)16(19(26)25-17)9-18-22-3-4-23-18/h1-9,24H,10H2,(H,22,23)(H,25,26)/b16-9-. The summed E-state index contributed by atoms with van der Waals surface area (Å²) < 4.78 is 26.6. The van der Waals surface area contributed by atoms with Gasteiger partial charge in [-0.3, -0.25) is 4.79 Å². The third-order valence-corrected chi connectivity index (χ3v) is 4.02. The fraction of sp³-hybridized carbons (Fsp3) is 0.0526. The van der Waals surface area contributed by atoms with Crippen molar-refractivity contribution in [3.8, 4) is 0 Å². The van der Waals surface area contributed by atoms with E-state index < -0.39 is 11.6 Å². The summed E-state index contributed by atoms with van der Waals surface area (Å²) in [7, 11) is 0. The van der Waals surface area contributed by atoms with Crippen LogP contribution in [0.25, 0.3) is 11.6 Å². The van der Waals surface area contributed by atoms with Gasteiger partial charge in [-0.15, -0.1) is 0 Å². The van der Waals surface area contributed by atoms with E-state index in [-0.39, 0.29) is 12.5 Å². The van der Waals surface area contributed by atoms with Gasteiger partial charge in [-0.1, -0.05) is 0 Å². The molecule has 0 atom stereocenters. The quantitative estimate of drug-likeness (QED) is 0.626. The average Bonchev–Trinajstić information content (AvgIpc) is 3.21. The molecule has 0 fully saturated rings. The van der Waals surface area contributed by atoms with Gasteiger partial charge in [-0.05, 0) is 42.0 Å². The number of H-pyrrole nitrogens is 1. The second-order valence-electron chi connectivity index (χ2n) is 5.88. The van der Waals surface area contributed by atoms with Gasteiger partial charge in [0.1, 0.15) is 17.5 Å². The van der Waals surface area contributed by atoms with Gasteiger partial charge in [0.2, 0.25) is 0 Å². The molecular weight excluding hydrogens is 338 g/mol. The van der Waals surface area contributed by atoms with Crippen molar-refractivity contribution in [3.63, 3.8) is 0 Å². The van der Waals surface area contributed by atoms with E-state index in [1.165, 1.54) is 12.1 Å². The van der Waals surface area contributed by atoms with Gasteiger partial charge in [0, 0.05) is 41.9 Å². The number of imidazole rings is 1. The molecule has 1 aromatic heterocycles. The van der Waals surface area contributed by atoms with E-state index in [0.29, 0.717) is 22.6 Å². The topological polar surface area (TPSA) is 69.8 Å². The molecule has 0 unspecified atom stereocenters. The van der Waals surface area contributed by atoms with Crippen molar-refractivity contribution in [1.82, 2.24) is 9.97 Å². The lowest BCUT2D eigenvalue weighted by molar-refractivity contribution is -0.110. The first-order valence-corrected chi connectivity index (χ1v) is 7.94. The van der Waals surface area contributed by atoms with Crippen LogP contribution in [-0.4, -0.2) is 15.9 Å². The van der Waals surface area contributed by atoms with Gasteiger partial charge in [-0.25, -0.2) is 13.8 Å². The van der Waals surface area contributed by atoms with Crippen LogP contribution in [0.4, 0.5) is 20.2 Å². The Morgan fingerprint density at radius 1 is 1.12 bits per heavy atom. The zero-order valence-corrected chi connectivity index (χ0v) is 13.5. The zero-order chi connectivity index (χ0) is 18.1. The molecule has 3 N–H and O–H groups in total. The van der Waals surface area contributed by atoms with Crippen LogP contribution in [-0.2, 0) is 11.3 Å². The number of halogens is 2. The van der Waals surface area contributed by atoms with Crippen LogP contribution in [0, 0.1) is 11.6 Å². The highest BCUT2D eigenvalue weighted by Crippen LogP contribution is 2.34. The Hall–Kier alpha value is -3.48. The summed E-state index contributed by atoms with van der Waals surface area (Å²) in [6, 6.07) is 8.78. The highest BCUT2D eigenvalue weighted by molar-refractivity contribution is 6.34. The number of rotatable bonds is 4. The Kier molecular flexibility index (Phi) is 3.96. The van der Waals surface area contributed by atoms with E-state index in [9.17, 15) is 13.6 Å². The Bertz CT molecular complexity index is 992. The summed E-state index contributed by atoms with van der Waals surface area (Å²) in [5.41, 5.74) is 3.16. The van der Waals surface area contributed by atoms with Crippen molar-refractivity contribution >= 4 is 28.9 Å². The molecule has 130 valence electrons. The number of carbonyl (C=O) groups excluding carboxylic acids is 1. The Balaban J connectivity index is 1.59. The SMILES string of the molecule is O=C1Nc2ccc(NCc3cc(F)cc(F)c3)cc2/C1=C/c1ncc[nH]1. The molecule has 2 aromatic carbocycles. The number of anilines is 2. The van der Waals surface area contributed by atoms with Gasteiger partial charge >= 0.3 is 0 Å². The molecular formula is C19H14F2N4O. The monoisotopic (exact) mass is 352 g/mol. The minimum absolute atomic E-state index is 0.208. The number of benzene rings is 2. The van der Waals surface area contributed by atoms with Crippen LogP contribution in [0.3, 0.4) is 0 Å². The van der Waals surface area contributed by atoms with Gasteiger partial charge in [0.15, 0.2) is 0 Å². The lowest BCUT2D eigenvalue weighted by Crippen LogP contribution is -2.03. The lowest BCUT2D eigenvalue weighted by Gasteiger charge is -2.09. The van der Waals surface area contributed by atoms with E-state index in [0.717, 1.165) is 17.3 Å². The summed E-state index contributed by atoms with van der Waals surface area (Å²) in [6.45, 7) is 0.256. The minimum atomic E-state index is -0.616. The maximum absolute atomic E-state index is 13.3. The first kappa shape index (κ1) is 16.0. The Morgan fingerprint density at radius 2 is 1.92 bits per heavy atom. The summed E-state index contributed by atoms with van der Waals surface area (Å²) >= 11 is 0. The molecule has 0 radical (unpaired) electrons. The smallest absolute Gasteiger partial charge is 0.256 e. The first-order chi connectivity index (χ1) is 12.6. The predicted octanol–water partition coefficient (Wildman–Crippen LogP) is 3.79. The third-order valence-electron chi connectivity index (χ3n) is 4.02. The molecule has 0 saturated carbocycles. The highest BCUT2D eigenvalue weighted by atomic mass is 19.1. The maximum Gasteiger partial charge on any atom is 0.256 e. The van der Waals surface area contributed by atoms with Crippen LogP contribution in [0.5, 0.6) is 0 Å². The second-order valence-corrected chi connectivity index (χ2v) is 5.88. The summed E-state index contributed by atoms with van der Waals surface area (Å²) in [5, 5.41) is 5.92. The van der Waals surface area contributed by atoms with E-state index in [1.807, 2.05) is 6.07 Å². The summed E-state index contributed by atoms with van der Waals surface area (Å²) in [5.74, 6) is -0.860. The first-order valence-electron chi connectivity index (χ1n) is 7.94. The molecule has 1 aliphatic heterocycles. The second kappa shape index (κ2) is 6.44. The van der Waals surface area contributed by atoms with Crippen molar-refractivity contribution in [2.45, 2.75) is 6.54 Å². The van der Waals surface area contributed by atoms with Crippen LogP contribution in [0.1, 0.15) is 17.0 Å². The molecule has 26 heavy (non-hydrogen) atoms. The number of carbonyl (C=O) groups is 1. The van der Waals surface area contributed by atoms with Crippen molar-refractivity contribution in [2.24, 2.45) is 0 Å². The molecule has 0 spiro atoms. The molecule has 4 rings (SSSR count). The molecule has 5 nitrogen and oxygen atoms in total. The fourth-order valence-corrected chi connectivity index (χ4v) is 2.85. The van der Waals surface area contributed by atoms with E-state index >= 15 is 0 Å². The zero-order valence-electron chi connectivity index (χ0n) is 13.5. The Morgan fingerprint density at radius 3 is 2.65 bits per heavy atom. The van der Waals surface area contributed by atoms with E-state index in [2.05, 4.69) is 20.6 Å². The largest absolute Gasteiger partial charge is 0.381 e. The number of hydrogen-bond donors (Lipinski definition) is 3. The summed E-state index contributed by atoms with van der Waals surface area (Å²) in [4.78, 5) is 19.2. The lowest BCUT2D eigenvalue weighted by atomic mass is 10.1. The van der Waals surface area contributed by atoms with Crippen molar-refractivity contribution in [2.75, 3.05) is 10.6 Å². The Labute approximate surface area is 147 Å². The number of fused-ring (bicyclic) bond motifs is 1. The predicted molar refractivity (Wildman–Crippen MR) is 95.2 cm³/mol. The normalized spacial score (nSPS) is 14.4. The van der Waals surface area contributed by atoms with Crippen molar-refractivity contribution in [3.05, 3.63) is 77.4 Å². The molecule has 1 aliphatic rings. The fourth-order valence-electron chi connectivity index (χ4n) is 2.85. The van der Waals surface area contributed by atoms with Crippen LogP contribution >= 0.6 is 0 Å². The molecule has 7 heteroatoms. The van der Waals surface area contributed by atoms with E-state index in [1.54, 1.807) is 30.6 Å². The molecule has 1 amide bonds. The molecule has 0 saturated heterocycles. The minimum Gasteiger partial charge on any atom is -0.381 e. The van der Waals surface area contributed by atoms with Gasteiger partial charge in [0.25, 0.3) is 5.91 Å². The maximum atomic E-state index is 13.3. The summed E-state index contributed by atoms with van der Waals surface area (Å²) in [6.07, 6.45) is 4.96. The third kappa shape index (κ3) is 3.19. The van der Waals surface area contributed by atoms with Gasteiger partial charge < -0.3 is 15.6 Å². The van der Waals surface area contributed by atoms with E-state index in [4.69, 9.17) is 0 Å². The van der Waals surface area contributed by atoms with Crippen LogP contribution in [0.15, 0.2) is 48.8 Å². The number of aromatic nitrogens is 2. The number of amides is 1. The molecule has 2 heterocycles. The van der Waals surface area contributed by atoms with Crippen molar-refractivity contribution in [1.29, 1.82) is 0 Å². The van der Waals surface area contributed by atoms with Crippen LogP contribution in [0.2, 0.25) is 0 Å². The number of hydrogen-bond acceptors (Lipinski definition) is 3. The molecule has 0 aliphatic carbocycles. The number of nitrogens with zero attached hydrogens (tertiary/aromatic N) is 1. The van der Waals surface area contributed by atoms with Gasteiger partial charge in [0.05, 0.1) is 5.57 Å². The molecule has 3 aromatic rings. The highest BCUT2D eigenvalue weighted by Gasteiger charge is 2.24. The van der Waals surface area contributed by atoms with Gasteiger partial charge in [-0.2, -0.15) is 0 Å². The van der Waals surface area contributed by atoms with Crippen LogP contribution < -0.4 is 10.6 Å². The number of nitrogens with one attached hydrogen (secondary N) is 3. The van der Waals surface area contributed by atoms with Crippen molar-refractivity contribution < 1.29 is 13.6 Å².